The van der Waals surface area contributed by atoms with E-state index in [9.17, 15) is 13.5 Å². The fraction of sp³-hybridized carbons (Fsp3) is 1.00. The summed E-state index contributed by atoms with van der Waals surface area (Å²) < 4.78 is 36.8. The summed E-state index contributed by atoms with van der Waals surface area (Å²) in [7, 11) is -3.39. The van der Waals surface area contributed by atoms with E-state index in [4.69, 9.17) is 4.74 Å². The van der Waals surface area contributed by atoms with Crippen molar-refractivity contribution in [2.45, 2.75) is 56.2 Å². The topological polar surface area (TPSA) is 79.6 Å². The second kappa shape index (κ2) is 5.53. The van der Waals surface area contributed by atoms with E-state index in [2.05, 4.69) is 4.74 Å². The third kappa shape index (κ3) is 2.29. The molecule has 116 valence electrons. The monoisotopic (exact) mass is 306 g/mol. The van der Waals surface area contributed by atoms with Crippen molar-refractivity contribution in [2.24, 2.45) is 5.92 Å². The molecule has 2 N–H and O–H groups in total. The molecule has 3 fully saturated rings. The maximum Gasteiger partial charge on any atom is 0.254 e. The molecule has 3 aliphatic heterocycles. The average Bonchev–Trinajstić information content (AvgIpc) is 2.82. The summed E-state index contributed by atoms with van der Waals surface area (Å²) in [6, 6.07) is -0.0544. The van der Waals surface area contributed by atoms with Gasteiger partial charge in [-0.3, -0.25) is 0 Å². The van der Waals surface area contributed by atoms with E-state index in [1.807, 2.05) is 6.92 Å². The third-order valence-electron chi connectivity index (χ3n) is 4.89. The van der Waals surface area contributed by atoms with Gasteiger partial charge < -0.3 is 14.6 Å². The van der Waals surface area contributed by atoms with Gasteiger partial charge in [0.25, 0.3) is 6.23 Å². The number of nitrogens with zero attached hydrogens (tertiary/aromatic N) is 1. The van der Waals surface area contributed by atoms with Crippen LogP contribution in [0.4, 0.5) is 0 Å². The van der Waals surface area contributed by atoms with Gasteiger partial charge in [-0.25, -0.2) is 8.42 Å². The highest BCUT2D eigenvalue weighted by Gasteiger charge is 2.57. The van der Waals surface area contributed by atoms with Crippen molar-refractivity contribution in [1.29, 1.82) is 0 Å². The van der Waals surface area contributed by atoms with Crippen LogP contribution >= 0.6 is 0 Å². The Morgan fingerprint density at radius 3 is 2.70 bits per heavy atom. The van der Waals surface area contributed by atoms with Gasteiger partial charge in [0.1, 0.15) is 12.1 Å². The van der Waals surface area contributed by atoms with Gasteiger partial charge in [0.05, 0.1) is 5.25 Å². The fourth-order valence-electron chi connectivity index (χ4n) is 3.69. The number of ether oxygens (including phenoxy) is 2. The minimum Gasteiger partial charge on any atom is -0.415 e. The molecule has 3 heterocycles. The van der Waals surface area contributed by atoms with Gasteiger partial charge in [0, 0.05) is 13.2 Å². The average molecular weight is 306 g/mol. The minimum absolute atomic E-state index is 0.0544. The molecule has 7 heteroatoms. The molecule has 3 rings (SSSR count). The molecule has 3 aliphatic rings. The maximum absolute atomic E-state index is 12.8. The number of sulfonamides is 1. The Bertz CT molecular complexity index is 448. The Morgan fingerprint density at radius 1 is 1.35 bits per heavy atom. The second-order valence-electron chi connectivity index (χ2n) is 6.01. The van der Waals surface area contributed by atoms with Gasteiger partial charge in [0.15, 0.2) is 6.61 Å². The molecule has 3 saturated heterocycles. The van der Waals surface area contributed by atoms with E-state index in [1.54, 1.807) is 0 Å². The van der Waals surface area contributed by atoms with Crippen LogP contribution in [-0.2, 0) is 14.8 Å². The SMILES string of the molecule is CC[C@@H]1C[C@H]2C[OH+][C@@H]([C@H]1O)N2S(=O)(=O)C1CCOCC1. The molecule has 2 bridgehead atoms. The van der Waals surface area contributed by atoms with Crippen molar-refractivity contribution in [2.75, 3.05) is 19.8 Å². The van der Waals surface area contributed by atoms with Crippen LogP contribution < -0.4 is 0 Å². The highest BCUT2D eigenvalue weighted by molar-refractivity contribution is 7.89. The molecular weight excluding hydrogens is 282 g/mol. The van der Waals surface area contributed by atoms with E-state index in [1.165, 1.54) is 4.31 Å². The molecule has 0 unspecified atom stereocenters. The fourth-order valence-corrected chi connectivity index (χ4v) is 5.88. The lowest BCUT2D eigenvalue weighted by atomic mass is 9.88. The first kappa shape index (κ1) is 14.7. The van der Waals surface area contributed by atoms with Gasteiger partial charge in [-0.05, 0) is 25.2 Å². The Balaban J connectivity index is 1.83. The van der Waals surface area contributed by atoms with Crippen LogP contribution in [0.3, 0.4) is 0 Å². The quantitative estimate of drug-likeness (QED) is 0.734. The number of fused-ring (bicyclic) bond motifs is 2. The number of hydrogen-bond donors (Lipinski definition) is 1. The summed E-state index contributed by atoms with van der Waals surface area (Å²) in [5, 5.41) is 9.99. The first-order chi connectivity index (χ1) is 9.55. The van der Waals surface area contributed by atoms with Crippen molar-refractivity contribution in [1.82, 2.24) is 4.31 Å². The molecule has 0 aromatic rings. The first-order valence-electron chi connectivity index (χ1n) is 7.50. The number of rotatable bonds is 3. The van der Waals surface area contributed by atoms with Gasteiger partial charge >= 0.3 is 0 Å². The van der Waals surface area contributed by atoms with E-state index < -0.39 is 22.4 Å². The first-order valence-corrected chi connectivity index (χ1v) is 9.00. The number of piperidine rings is 1. The van der Waals surface area contributed by atoms with E-state index >= 15 is 0 Å². The largest absolute Gasteiger partial charge is 0.415 e. The molecule has 0 amide bonds. The zero-order valence-corrected chi connectivity index (χ0v) is 12.6. The predicted octanol–water partition coefficient (Wildman–Crippen LogP) is -0.176. The summed E-state index contributed by atoms with van der Waals surface area (Å²) >= 11 is 0. The van der Waals surface area contributed by atoms with Crippen LogP contribution in [0.2, 0.25) is 0 Å². The van der Waals surface area contributed by atoms with Crippen molar-refractivity contribution >= 4 is 10.0 Å². The zero-order valence-electron chi connectivity index (χ0n) is 11.8. The molecule has 0 saturated carbocycles. The van der Waals surface area contributed by atoms with Crippen molar-refractivity contribution in [3.05, 3.63) is 0 Å². The summed E-state index contributed by atoms with van der Waals surface area (Å²) in [6.45, 7) is 3.57. The molecule has 0 aliphatic carbocycles. The van der Waals surface area contributed by atoms with Crippen molar-refractivity contribution < 1.29 is 23.0 Å². The number of hydrogen-bond acceptors (Lipinski definition) is 4. The molecule has 4 atom stereocenters. The summed E-state index contributed by atoms with van der Waals surface area (Å²) in [5.41, 5.74) is 0. The van der Waals surface area contributed by atoms with Crippen molar-refractivity contribution in [3.8, 4) is 0 Å². The Labute approximate surface area is 120 Å². The second-order valence-corrected chi connectivity index (χ2v) is 8.13. The van der Waals surface area contributed by atoms with Gasteiger partial charge in [-0.1, -0.05) is 13.3 Å². The van der Waals surface area contributed by atoms with Crippen LogP contribution in [0.25, 0.3) is 0 Å². The molecule has 6 nitrogen and oxygen atoms in total. The highest BCUT2D eigenvalue weighted by atomic mass is 32.2. The van der Waals surface area contributed by atoms with Gasteiger partial charge in [-0.15, -0.1) is 4.31 Å². The van der Waals surface area contributed by atoms with Crippen LogP contribution in [0.1, 0.15) is 32.6 Å². The lowest BCUT2D eigenvalue weighted by Gasteiger charge is -2.38. The minimum atomic E-state index is -3.39. The lowest BCUT2D eigenvalue weighted by molar-refractivity contribution is -0.159. The standard InChI is InChI=1S/C13H23NO5S/c1-2-9-7-10-8-19-13(12(9)15)14(10)20(16,17)11-3-5-18-6-4-11/h9-13,15H,2-8H2,1H3/p+1/t9-,10+,12+,13+/m1/s1. The zero-order chi connectivity index (χ0) is 14.3. The summed E-state index contributed by atoms with van der Waals surface area (Å²) in [5.74, 6) is 0.164. The van der Waals surface area contributed by atoms with Crippen molar-refractivity contribution in [3.63, 3.8) is 0 Å². The maximum atomic E-state index is 12.8. The highest BCUT2D eigenvalue weighted by Crippen LogP contribution is 2.38. The van der Waals surface area contributed by atoms with Gasteiger partial charge in [0.2, 0.25) is 10.0 Å². The number of aliphatic hydroxyl groups is 3. The van der Waals surface area contributed by atoms with E-state index in [-0.39, 0.29) is 17.2 Å². The van der Waals surface area contributed by atoms with E-state index in [0.29, 0.717) is 32.7 Å². The number of aliphatic hydroxyl groups excluding tert-OH is 1. The van der Waals surface area contributed by atoms with Crippen LogP contribution in [-0.4, -0.2) is 66.0 Å². The molecule has 20 heavy (non-hydrogen) atoms. The Kier molecular flexibility index (Phi) is 4.07. The molecular formula is C13H24NO5S+. The lowest BCUT2D eigenvalue weighted by Crippen LogP contribution is -2.57. The predicted molar refractivity (Wildman–Crippen MR) is 73.7 cm³/mol. The third-order valence-corrected chi connectivity index (χ3v) is 7.31. The van der Waals surface area contributed by atoms with Crippen LogP contribution in [0.15, 0.2) is 0 Å². The molecule has 0 aromatic carbocycles. The summed E-state index contributed by atoms with van der Waals surface area (Å²) in [6.07, 6.45) is 1.46. The van der Waals surface area contributed by atoms with Crippen LogP contribution in [0, 0.1) is 5.92 Å². The molecule has 0 radical (unpaired) electrons. The van der Waals surface area contributed by atoms with Gasteiger partial charge in [-0.2, -0.15) is 0 Å². The van der Waals surface area contributed by atoms with E-state index in [0.717, 1.165) is 12.8 Å². The molecule has 0 spiro atoms. The Morgan fingerprint density at radius 2 is 2.05 bits per heavy atom. The summed E-state index contributed by atoms with van der Waals surface area (Å²) in [4.78, 5) is 0. The normalized spacial score (nSPS) is 40.1. The smallest absolute Gasteiger partial charge is 0.254 e. The van der Waals surface area contributed by atoms with Crippen LogP contribution in [0.5, 0.6) is 0 Å². The molecule has 0 aromatic heterocycles. The Hall–Kier alpha value is -0.210.